The van der Waals surface area contributed by atoms with Crippen molar-refractivity contribution in [1.82, 2.24) is 19.7 Å². The summed E-state index contributed by atoms with van der Waals surface area (Å²) in [6.45, 7) is 8.54. The maximum absolute atomic E-state index is 6.44. The van der Waals surface area contributed by atoms with E-state index in [1.165, 1.54) is 11.9 Å². The summed E-state index contributed by atoms with van der Waals surface area (Å²) in [7, 11) is 3.19. The zero-order valence-corrected chi connectivity index (χ0v) is 21.9. The number of nitrogens with zero attached hydrogens (tertiary/aromatic N) is 4. The number of methoxy groups -OCH3 is 2. The lowest BCUT2D eigenvalue weighted by atomic mass is 9.92. The second kappa shape index (κ2) is 9.58. The quantitative estimate of drug-likeness (QED) is 0.262. The molecule has 0 fully saturated rings. The van der Waals surface area contributed by atoms with E-state index in [-0.39, 0.29) is 5.41 Å². The molecule has 37 heavy (non-hydrogen) atoms. The van der Waals surface area contributed by atoms with E-state index in [2.05, 4.69) is 74.1 Å². The normalized spacial score (nSPS) is 11.5. The Hall–Kier alpha value is -4.39. The van der Waals surface area contributed by atoms with Crippen LogP contribution in [0, 0.1) is 13.0 Å². The fourth-order valence-electron chi connectivity index (χ4n) is 4.08. The lowest BCUT2D eigenvalue weighted by molar-refractivity contribution is 0.355. The van der Waals surface area contributed by atoms with Crippen molar-refractivity contribution in [1.29, 1.82) is 0 Å². The van der Waals surface area contributed by atoms with Crippen molar-refractivity contribution in [2.24, 2.45) is 0 Å². The molecule has 5 aromatic rings. The van der Waals surface area contributed by atoms with Crippen LogP contribution in [0.2, 0.25) is 0 Å². The maximum atomic E-state index is 6.44. The van der Waals surface area contributed by atoms with E-state index < -0.39 is 0 Å². The van der Waals surface area contributed by atoms with Crippen LogP contribution >= 0.6 is 0 Å². The first-order valence-corrected chi connectivity index (χ1v) is 12.0. The third kappa shape index (κ3) is 4.72. The van der Waals surface area contributed by atoms with E-state index in [1.807, 2.05) is 35.0 Å². The zero-order chi connectivity index (χ0) is 26.2. The van der Waals surface area contributed by atoms with E-state index in [0.717, 1.165) is 22.6 Å². The smallest absolute Gasteiger partial charge is 0.230 e. The van der Waals surface area contributed by atoms with Gasteiger partial charge in [-0.15, -0.1) is 0 Å². The van der Waals surface area contributed by atoms with Gasteiger partial charge in [0.05, 0.1) is 42.2 Å². The highest BCUT2D eigenvalue weighted by Crippen LogP contribution is 2.39. The Bertz CT molecular complexity index is 1570. The van der Waals surface area contributed by atoms with Crippen LogP contribution in [-0.4, -0.2) is 34.0 Å². The van der Waals surface area contributed by atoms with Crippen LogP contribution in [0.25, 0.3) is 27.8 Å². The lowest BCUT2D eigenvalue weighted by Crippen LogP contribution is -2.12. The molecule has 2 heterocycles. The van der Waals surface area contributed by atoms with E-state index in [9.17, 15) is 0 Å². The summed E-state index contributed by atoms with van der Waals surface area (Å²) in [6, 6.07) is 22.9. The Kier molecular flexibility index (Phi) is 6.29. The highest BCUT2D eigenvalue weighted by Gasteiger charge is 2.23. The molecule has 0 aliphatic heterocycles. The number of aromatic nitrogens is 4. The van der Waals surface area contributed by atoms with Gasteiger partial charge in [-0.2, -0.15) is 5.10 Å². The molecule has 0 N–H and O–H groups in total. The Labute approximate surface area is 216 Å². The Morgan fingerprint density at radius 1 is 0.865 bits per heavy atom. The second-order valence-electron chi connectivity index (χ2n) is 9.84. The van der Waals surface area contributed by atoms with Gasteiger partial charge in [0.15, 0.2) is 11.5 Å². The first-order chi connectivity index (χ1) is 17.8. The summed E-state index contributed by atoms with van der Waals surface area (Å²) in [5, 5.41) is 5.70. The highest BCUT2D eigenvalue weighted by atomic mass is 16.5. The third-order valence-electron chi connectivity index (χ3n) is 6.17. The standard InChI is InChI=1S/C30H29N4O3/c1-19-11-13-20(14-12-19)34-24(17-28(33-34)30(2,3)4)21-9-7-8-10-25(21)37-29-22-15-26(35-5)27(36-6)16-23(22)31-18-32-29/h7,9-18H,1-6H3. The molecule has 0 spiro atoms. The molecule has 0 unspecified atom stereocenters. The number of hydrogen-bond acceptors (Lipinski definition) is 6. The fraction of sp³-hybridized carbons (Fsp3) is 0.233. The minimum absolute atomic E-state index is 0.134. The molecular formula is C30H29N4O3. The minimum Gasteiger partial charge on any atom is -0.493 e. The van der Waals surface area contributed by atoms with E-state index in [1.54, 1.807) is 14.2 Å². The van der Waals surface area contributed by atoms with Crippen molar-refractivity contribution in [2.45, 2.75) is 33.1 Å². The van der Waals surface area contributed by atoms with Crippen molar-refractivity contribution in [3.05, 3.63) is 84.3 Å². The van der Waals surface area contributed by atoms with E-state index in [4.69, 9.17) is 19.3 Å². The minimum atomic E-state index is -0.134. The summed E-state index contributed by atoms with van der Waals surface area (Å²) in [6.07, 6.45) is 1.48. The summed E-state index contributed by atoms with van der Waals surface area (Å²) >= 11 is 0. The molecule has 2 aromatic heterocycles. The lowest BCUT2D eigenvalue weighted by Gasteiger charge is -2.14. The Balaban J connectivity index is 1.65. The van der Waals surface area contributed by atoms with Crippen molar-refractivity contribution in [3.8, 4) is 40.1 Å². The fourth-order valence-corrected chi connectivity index (χ4v) is 4.08. The third-order valence-corrected chi connectivity index (χ3v) is 6.17. The average molecular weight is 494 g/mol. The molecule has 3 aromatic carbocycles. The van der Waals surface area contributed by atoms with Crippen molar-refractivity contribution in [3.63, 3.8) is 0 Å². The van der Waals surface area contributed by atoms with Gasteiger partial charge in [0.25, 0.3) is 0 Å². The molecule has 0 amide bonds. The summed E-state index contributed by atoms with van der Waals surface area (Å²) < 4.78 is 19.3. The van der Waals surface area contributed by atoms with Gasteiger partial charge in [0.2, 0.25) is 5.88 Å². The SMILES string of the molecule is COc1cc2ncnc(Oc3c[c]ccc3-c3cc(C(C)(C)C)nn3-c3ccc(C)cc3)c2cc1OC. The van der Waals surface area contributed by atoms with Gasteiger partial charge in [0, 0.05) is 17.0 Å². The molecule has 0 saturated heterocycles. The number of aryl methyl sites for hydroxylation is 1. The molecule has 0 bridgehead atoms. The second-order valence-corrected chi connectivity index (χ2v) is 9.84. The maximum Gasteiger partial charge on any atom is 0.230 e. The van der Waals surface area contributed by atoms with Crippen LogP contribution in [0.3, 0.4) is 0 Å². The van der Waals surface area contributed by atoms with Crippen molar-refractivity contribution >= 4 is 10.9 Å². The number of benzene rings is 3. The number of rotatable bonds is 6. The molecule has 0 atom stereocenters. The molecule has 7 heteroatoms. The summed E-state index contributed by atoms with van der Waals surface area (Å²) in [5.41, 5.74) is 5.47. The van der Waals surface area contributed by atoms with Crippen LogP contribution in [0.4, 0.5) is 0 Å². The summed E-state index contributed by atoms with van der Waals surface area (Å²) in [5.74, 6) is 2.17. The molecule has 5 rings (SSSR count). The van der Waals surface area contributed by atoms with Gasteiger partial charge in [-0.05, 0) is 49.4 Å². The van der Waals surface area contributed by atoms with Gasteiger partial charge in [0.1, 0.15) is 12.1 Å². The highest BCUT2D eigenvalue weighted by molar-refractivity contribution is 5.87. The Morgan fingerprint density at radius 3 is 2.30 bits per heavy atom. The average Bonchev–Trinajstić information content (AvgIpc) is 3.35. The first-order valence-electron chi connectivity index (χ1n) is 12.0. The summed E-state index contributed by atoms with van der Waals surface area (Å²) in [4.78, 5) is 8.83. The number of fused-ring (bicyclic) bond motifs is 1. The van der Waals surface area contributed by atoms with E-state index in [0.29, 0.717) is 34.0 Å². The number of hydrogen-bond donors (Lipinski definition) is 0. The van der Waals surface area contributed by atoms with Crippen molar-refractivity contribution in [2.75, 3.05) is 14.2 Å². The van der Waals surface area contributed by atoms with Crippen LogP contribution in [0.5, 0.6) is 23.1 Å². The van der Waals surface area contributed by atoms with Gasteiger partial charge in [-0.25, -0.2) is 14.6 Å². The monoisotopic (exact) mass is 493 g/mol. The predicted octanol–water partition coefficient (Wildman–Crippen LogP) is 6.70. The van der Waals surface area contributed by atoms with Crippen LogP contribution in [0.1, 0.15) is 32.0 Å². The van der Waals surface area contributed by atoms with Crippen LogP contribution in [-0.2, 0) is 5.41 Å². The van der Waals surface area contributed by atoms with Gasteiger partial charge in [-0.3, -0.25) is 0 Å². The molecule has 1 radical (unpaired) electrons. The topological polar surface area (TPSA) is 71.3 Å². The molecule has 0 saturated carbocycles. The van der Waals surface area contributed by atoms with Gasteiger partial charge >= 0.3 is 0 Å². The van der Waals surface area contributed by atoms with Gasteiger partial charge in [-0.1, -0.05) is 44.5 Å². The zero-order valence-electron chi connectivity index (χ0n) is 21.9. The van der Waals surface area contributed by atoms with Crippen molar-refractivity contribution < 1.29 is 14.2 Å². The Morgan fingerprint density at radius 2 is 1.59 bits per heavy atom. The van der Waals surface area contributed by atoms with E-state index >= 15 is 0 Å². The molecule has 0 aliphatic rings. The molecule has 7 nitrogen and oxygen atoms in total. The molecule has 187 valence electrons. The van der Waals surface area contributed by atoms with Crippen LogP contribution in [0.15, 0.2) is 67.0 Å². The van der Waals surface area contributed by atoms with Gasteiger partial charge < -0.3 is 14.2 Å². The molecular weight excluding hydrogens is 464 g/mol. The predicted molar refractivity (Wildman–Crippen MR) is 144 cm³/mol. The molecule has 0 aliphatic carbocycles. The number of ether oxygens (including phenoxy) is 3. The largest absolute Gasteiger partial charge is 0.493 e. The first kappa shape index (κ1) is 24.3. The van der Waals surface area contributed by atoms with Crippen LogP contribution < -0.4 is 14.2 Å².